The Morgan fingerprint density at radius 3 is 2.47 bits per heavy atom. The quantitative estimate of drug-likeness (QED) is 0.324. The zero-order valence-corrected chi connectivity index (χ0v) is 21.1. The summed E-state index contributed by atoms with van der Waals surface area (Å²) in [5.74, 6) is -1.46. The fraction of sp³-hybridized carbons (Fsp3) is 0.345. The molecule has 1 fully saturated rings. The maximum absolute atomic E-state index is 13.4. The lowest BCUT2D eigenvalue weighted by molar-refractivity contribution is -0.139. The standard InChI is InChI=1S/C29H33FN4O4/c30-23-11-8-19(9-12-23)16-27(36)34-13-3-6-26(34)29(38)33-25(28(37)32-18-24(35)17-31)15-20-7-10-21-4-1-2-5-22(21)14-20/h1-2,4-5,7-12,14,24-26,35H,3,6,13,15-18,31H2,(H,32,37)(H,33,38). The second-order valence-electron chi connectivity index (χ2n) is 9.63. The van der Waals surface area contributed by atoms with Crippen molar-refractivity contribution in [1.29, 1.82) is 0 Å². The Morgan fingerprint density at radius 1 is 1.03 bits per heavy atom. The molecule has 3 atom stereocenters. The largest absolute Gasteiger partial charge is 0.390 e. The Labute approximate surface area is 221 Å². The molecule has 1 saturated heterocycles. The number of hydrogen-bond donors (Lipinski definition) is 4. The van der Waals surface area contributed by atoms with E-state index in [2.05, 4.69) is 10.6 Å². The predicted molar refractivity (Wildman–Crippen MR) is 142 cm³/mol. The highest BCUT2D eigenvalue weighted by Crippen LogP contribution is 2.21. The van der Waals surface area contributed by atoms with Crippen molar-refractivity contribution in [3.8, 4) is 0 Å². The summed E-state index contributed by atoms with van der Waals surface area (Å²) in [7, 11) is 0. The number of nitrogens with zero attached hydrogens (tertiary/aromatic N) is 1. The number of carbonyl (C=O) groups excluding carboxylic acids is 3. The topological polar surface area (TPSA) is 125 Å². The van der Waals surface area contributed by atoms with Crippen LogP contribution in [0.2, 0.25) is 0 Å². The number of hydrogen-bond acceptors (Lipinski definition) is 5. The molecule has 3 aromatic carbocycles. The second kappa shape index (κ2) is 12.6. The predicted octanol–water partition coefficient (Wildman–Crippen LogP) is 1.68. The molecule has 3 unspecified atom stereocenters. The lowest BCUT2D eigenvalue weighted by Crippen LogP contribution is -2.54. The van der Waals surface area contributed by atoms with Gasteiger partial charge in [-0.3, -0.25) is 14.4 Å². The SMILES string of the molecule is NCC(O)CNC(=O)C(Cc1ccc2ccccc2c1)NC(=O)C1CCCN1C(=O)Cc1ccc(F)cc1. The molecule has 0 saturated carbocycles. The number of nitrogens with one attached hydrogen (secondary N) is 2. The lowest BCUT2D eigenvalue weighted by Gasteiger charge is -2.27. The van der Waals surface area contributed by atoms with Crippen LogP contribution < -0.4 is 16.4 Å². The van der Waals surface area contributed by atoms with Crippen LogP contribution in [0.1, 0.15) is 24.0 Å². The summed E-state index contributed by atoms with van der Waals surface area (Å²) < 4.78 is 13.2. The third kappa shape index (κ3) is 6.93. The van der Waals surface area contributed by atoms with Crippen LogP contribution in [0.25, 0.3) is 10.8 Å². The molecule has 0 bridgehead atoms. The molecule has 200 valence electrons. The average Bonchev–Trinajstić information content (AvgIpc) is 3.43. The Balaban J connectivity index is 1.47. The Bertz CT molecular complexity index is 1280. The number of aliphatic hydroxyl groups is 1. The first-order valence-electron chi connectivity index (χ1n) is 12.8. The minimum atomic E-state index is -0.914. The van der Waals surface area contributed by atoms with Crippen LogP contribution in [-0.4, -0.2) is 65.5 Å². The number of likely N-dealkylation sites (tertiary alicyclic amines) is 1. The van der Waals surface area contributed by atoms with Gasteiger partial charge in [0.2, 0.25) is 17.7 Å². The van der Waals surface area contributed by atoms with Crippen molar-refractivity contribution in [2.45, 2.75) is 43.9 Å². The van der Waals surface area contributed by atoms with E-state index in [-0.39, 0.29) is 37.7 Å². The van der Waals surface area contributed by atoms with Gasteiger partial charge in [-0.05, 0) is 46.9 Å². The highest BCUT2D eigenvalue weighted by atomic mass is 19.1. The third-order valence-electron chi connectivity index (χ3n) is 6.82. The van der Waals surface area contributed by atoms with Crippen molar-refractivity contribution in [2.24, 2.45) is 5.73 Å². The minimum Gasteiger partial charge on any atom is -0.390 e. The van der Waals surface area contributed by atoms with E-state index in [1.165, 1.54) is 17.0 Å². The van der Waals surface area contributed by atoms with E-state index in [1.54, 1.807) is 12.1 Å². The van der Waals surface area contributed by atoms with E-state index in [1.807, 2.05) is 42.5 Å². The second-order valence-corrected chi connectivity index (χ2v) is 9.63. The minimum absolute atomic E-state index is 0.00478. The highest BCUT2D eigenvalue weighted by molar-refractivity contribution is 5.93. The van der Waals surface area contributed by atoms with Crippen LogP contribution in [0.15, 0.2) is 66.7 Å². The lowest BCUT2D eigenvalue weighted by atomic mass is 10.0. The van der Waals surface area contributed by atoms with Gasteiger partial charge in [-0.2, -0.15) is 0 Å². The molecule has 0 spiro atoms. The molecule has 38 heavy (non-hydrogen) atoms. The number of nitrogens with two attached hydrogens (primary N) is 1. The molecule has 9 heteroatoms. The van der Waals surface area contributed by atoms with Crippen molar-refractivity contribution >= 4 is 28.5 Å². The zero-order chi connectivity index (χ0) is 27.1. The van der Waals surface area contributed by atoms with Gasteiger partial charge in [0.05, 0.1) is 12.5 Å². The van der Waals surface area contributed by atoms with E-state index in [9.17, 15) is 23.9 Å². The molecule has 1 heterocycles. The molecule has 0 aliphatic carbocycles. The third-order valence-corrected chi connectivity index (χ3v) is 6.82. The molecule has 3 amide bonds. The Kier molecular flexibility index (Phi) is 9.04. The molecule has 5 N–H and O–H groups in total. The normalized spacial score (nSPS) is 16.7. The summed E-state index contributed by atoms with van der Waals surface area (Å²) >= 11 is 0. The maximum Gasteiger partial charge on any atom is 0.243 e. The fourth-order valence-corrected chi connectivity index (χ4v) is 4.72. The maximum atomic E-state index is 13.4. The zero-order valence-electron chi connectivity index (χ0n) is 21.1. The van der Waals surface area contributed by atoms with Gasteiger partial charge in [-0.15, -0.1) is 0 Å². The van der Waals surface area contributed by atoms with Crippen molar-refractivity contribution < 1.29 is 23.9 Å². The summed E-state index contributed by atoms with van der Waals surface area (Å²) in [6.45, 7) is 0.392. The average molecular weight is 521 g/mol. The van der Waals surface area contributed by atoms with Gasteiger partial charge in [0.15, 0.2) is 0 Å². The van der Waals surface area contributed by atoms with E-state index >= 15 is 0 Å². The molecular formula is C29H33FN4O4. The van der Waals surface area contributed by atoms with Crippen LogP contribution in [0, 0.1) is 5.82 Å². The van der Waals surface area contributed by atoms with Crippen LogP contribution in [0.4, 0.5) is 4.39 Å². The van der Waals surface area contributed by atoms with Gasteiger partial charge in [0.25, 0.3) is 0 Å². The van der Waals surface area contributed by atoms with Gasteiger partial charge < -0.3 is 26.4 Å². The number of benzene rings is 3. The number of fused-ring (bicyclic) bond motifs is 1. The highest BCUT2D eigenvalue weighted by Gasteiger charge is 2.35. The molecule has 4 rings (SSSR count). The molecule has 0 radical (unpaired) electrons. The summed E-state index contributed by atoms with van der Waals surface area (Å²) in [5.41, 5.74) is 6.98. The van der Waals surface area contributed by atoms with Crippen LogP contribution in [0.5, 0.6) is 0 Å². The number of rotatable bonds is 10. The van der Waals surface area contributed by atoms with Crippen molar-refractivity contribution in [1.82, 2.24) is 15.5 Å². The summed E-state index contributed by atoms with van der Waals surface area (Å²) in [6, 6.07) is 17.8. The van der Waals surface area contributed by atoms with Crippen molar-refractivity contribution in [3.05, 3.63) is 83.7 Å². The summed E-state index contributed by atoms with van der Waals surface area (Å²) in [4.78, 5) is 41.0. The van der Waals surface area contributed by atoms with E-state index in [0.717, 1.165) is 16.3 Å². The number of amides is 3. The Hall–Kier alpha value is -3.82. The molecule has 1 aliphatic heterocycles. The Morgan fingerprint density at radius 2 is 1.74 bits per heavy atom. The van der Waals surface area contributed by atoms with Crippen LogP contribution in [-0.2, 0) is 27.2 Å². The van der Waals surface area contributed by atoms with Gasteiger partial charge in [-0.1, -0.05) is 54.6 Å². The molecule has 0 aromatic heterocycles. The molecular weight excluding hydrogens is 487 g/mol. The molecule has 1 aliphatic rings. The summed E-state index contributed by atoms with van der Waals surface area (Å²) in [6.07, 6.45) is 0.541. The number of carbonyl (C=O) groups is 3. The van der Waals surface area contributed by atoms with Gasteiger partial charge in [0, 0.05) is 26.1 Å². The van der Waals surface area contributed by atoms with Crippen molar-refractivity contribution in [3.63, 3.8) is 0 Å². The van der Waals surface area contributed by atoms with E-state index in [0.29, 0.717) is 24.9 Å². The van der Waals surface area contributed by atoms with E-state index < -0.39 is 30.0 Å². The van der Waals surface area contributed by atoms with Gasteiger partial charge >= 0.3 is 0 Å². The van der Waals surface area contributed by atoms with Crippen LogP contribution >= 0.6 is 0 Å². The van der Waals surface area contributed by atoms with Gasteiger partial charge in [-0.25, -0.2) is 4.39 Å². The smallest absolute Gasteiger partial charge is 0.243 e. The molecule has 8 nitrogen and oxygen atoms in total. The summed E-state index contributed by atoms with van der Waals surface area (Å²) in [5, 5.41) is 17.4. The van der Waals surface area contributed by atoms with Crippen LogP contribution in [0.3, 0.4) is 0 Å². The first-order valence-corrected chi connectivity index (χ1v) is 12.8. The van der Waals surface area contributed by atoms with E-state index in [4.69, 9.17) is 5.73 Å². The van der Waals surface area contributed by atoms with Crippen molar-refractivity contribution in [2.75, 3.05) is 19.6 Å². The first-order chi connectivity index (χ1) is 18.3. The molecule has 3 aromatic rings. The number of aliphatic hydroxyl groups excluding tert-OH is 1. The number of halogens is 1. The first kappa shape index (κ1) is 27.2. The fourth-order valence-electron chi connectivity index (χ4n) is 4.72. The van der Waals surface area contributed by atoms with Gasteiger partial charge in [0.1, 0.15) is 17.9 Å². The monoisotopic (exact) mass is 520 g/mol.